The normalized spacial score (nSPS) is 13.6. The van der Waals surface area contributed by atoms with E-state index in [-0.39, 0.29) is 0 Å². The quantitative estimate of drug-likeness (QED) is 0.660. The number of hydrogen-bond donors (Lipinski definition) is 1. The molecular formula is C12H10N2O. The molecule has 15 heavy (non-hydrogen) atoms. The number of nitrogens with zero attached hydrogens (tertiary/aromatic N) is 1. The summed E-state index contributed by atoms with van der Waals surface area (Å²) >= 11 is 0. The van der Waals surface area contributed by atoms with Crippen molar-refractivity contribution in [2.45, 2.75) is 0 Å². The third-order valence-electron chi connectivity index (χ3n) is 2.45. The molecule has 3 rings (SSSR count). The number of nitrogens with two attached hydrogens (primary N) is 1. The molecule has 2 aromatic rings. The fourth-order valence-electron chi connectivity index (χ4n) is 1.72. The van der Waals surface area contributed by atoms with Crippen LogP contribution in [0.15, 0.2) is 30.3 Å². The van der Waals surface area contributed by atoms with Gasteiger partial charge in [-0.15, -0.1) is 0 Å². The number of pyridine rings is 1. The molecule has 0 aliphatic carbocycles. The van der Waals surface area contributed by atoms with Crippen molar-refractivity contribution in [3.8, 4) is 5.88 Å². The molecule has 2 N–H and O–H groups in total. The number of fused-ring (bicyclic) bond motifs is 2. The van der Waals surface area contributed by atoms with E-state index in [2.05, 4.69) is 11.1 Å². The number of nitrogen functional groups attached to an aromatic ring is 1. The first kappa shape index (κ1) is 8.29. The van der Waals surface area contributed by atoms with Gasteiger partial charge in [-0.25, -0.2) is 4.98 Å². The second-order valence-electron chi connectivity index (χ2n) is 3.55. The minimum atomic E-state index is 0.591. The Kier molecular flexibility index (Phi) is 1.65. The SMILES string of the molecule is Nc1ccc2cc3c(nc2c1)OCC=C3. The second kappa shape index (κ2) is 2.98. The van der Waals surface area contributed by atoms with Crippen LogP contribution in [-0.2, 0) is 0 Å². The molecule has 1 aliphatic heterocycles. The van der Waals surface area contributed by atoms with Gasteiger partial charge < -0.3 is 10.5 Å². The third kappa shape index (κ3) is 1.32. The molecule has 0 fully saturated rings. The maximum atomic E-state index is 5.71. The van der Waals surface area contributed by atoms with E-state index < -0.39 is 0 Å². The molecule has 3 nitrogen and oxygen atoms in total. The molecule has 0 saturated heterocycles. The maximum Gasteiger partial charge on any atom is 0.221 e. The number of ether oxygens (including phenoxy) is 1. The summed E-state index contributed by atoms with van der Waals surface area (Å²) in [5, 5.41) is 1.08. The lowest BCUT2D eigenvalue weighted by atomic mass is 10.1. The van der Waals surface area contributed by atoms with E-state index in [1.54, 1.807) is 0 Å². The fraction of sp³-hybridized carbons (Fsp3) is 0.0833. The summed E-state index contributed by atoms with van der Waals surface area (Å²) in [6.45, 7) is 0.591. The van der Waals surface area contributed by atoms with Gasteiger partial charge in [0.1, 0.15) is 6.61 Å². The van der Waals surface area contributed by atoms with Crippen molar-refractivity contribution >= 4 is 22.7 Å². The van der Waals surface area contributed by atoms with Crippen LogP contribution in [0.3, 0.4) is 0 Å². The Bertz CT molecular complexity index is 561. The second-order valence-corrected chi connectivity index (χ2v) is 3.55. The molecule has 3 heteroatoms. The molecular weight excluding hydrogens is 188 g/mol. The van der Waals surface area contributed by atoms with Crippen molar-refractivity contribution in [1.82, 2.24) is 4.98 Å². The highest BCUT2D eigenvalue weighted by atomic mass is 16.5. The van der Waals surface area contributed by atoms with E-state index in [4.69, 9.17) is 10.5 Å². The van der Waals surface area contributed by atoms with Crippen molar-refractivity contribution in [1.29, 1.82) is 0 Å². The van der Waals surface area contributed by atoms with Crippen molar-refractivity contribution in [3.63, 3.8) is 0 Å². The first-order valence-corrected chi connectivity index (χ1v) is 4.82. The molecule has 0 bridgehead atoms. The van der Waals surface area contributed by atoms with Gasteiger partial charge in [-0.2, -0.15) is 0 Å². The Labute approximate surface area is 87.2 Å². The molecule has 1 aromatic carbocycles. The van der Waals surface area contributed by atoms with Gasteiger partial charge in [0.25, 0.3) is 0 Å². The van der Waals surface area contributed by atoms with E-state index >= 15 is 0 Å². The van der Waals surface area contributed by atoms with Crippen LogP contribution in [0, 0.1) is 0 Å². The molecule has 74 valence electrons. The first-order chi connectivity index (χ1) is 7.33. The van der Waals surface area contributed by atoms with Crippen LogP contribution in [0.25, 0.3) is 17.0 Å². The van der Waals surface area contributed by atoms with E-state index in [0.717, 1.165) is 22.2 Å². The average Bonchev–Trinajstić information content (AvgIpc) is 2.26. The monoisotopic (exact) mass is 198 g/mol. The number of rotatable bonds is 0. The van der Waals surface area contributed by atoms with Crippen LogP contribution >= 0.6 is 0 Å². The van der Waals surface area contributed by atoms with Crippen LogP contribution in [-0.4, -0.2) is 11.6 Å². The zero-order chi connectivity index (χ0) is 10.3. The Morgan fingerprint density at radius 1 is 1.27 bits per heavy atom. The summed E-state index contributed by atoms with van der Waals surface area (Å²) in [4.78, 5) is 4.42. The molecule has 1 aliphatic rings. The van der Waals surface area contributed by atoms with Gasteiger partial charge in [0.2, 0.25) is 5.88 Å². The fourth-order valence-corrected chi connectivity index (χ4v) is 1.72. The Balaban J connectivity index is 2.32. The minimum absolute atomic E-state index is 0.591. The predicted molar refractivity (Wildman–Crippen MR) is 60.7 cm³/mol. The van der Waals surface area contributed by atoms with E-state index in [1.807, 2.05) is 30.4 Å². The van der Waals surface area contributed by atoms with Crippen molar-refractivity contribution in [2.24, 2.45) is 0 Å². The van der Waals surface area contributed by atoms with Gasteiger partial charge in [-0.3, -0.25) is 0 Å². The lowest BCUT2D eigenvalue weighted by molar-refractivity contribution is 0.345. The van der Waals surface area contributed by atoms with Crippen LogP contribution in [0.1, 0.15) is 5.56 Å². The largest absolute Gasteiger partial charge is 0.473 e. The standard InChI is InChI=1S/C12H10N2O/c13-10-4-3-8-6-9-2-1-5-15-12(9)14-11(8)7-10/h1-4,6-7H,5,13H2. The lowest BCUT2D eigenvalue weighted by Gasteiger charge is -2.12. The van der Waals surface area contributed by atoms with Crippen LogP contribution in [0.2, 0.25) is 0 Å². The van der Waals surface area contributed by atoms with Gasteiger partial charge in [-0.05, 0) is 24.3 Å². The molecule has 0 radical (unpaired) electrons. The Morgan fingerprint density at radius 2 is 2.20 bits per heavy atom. The van der Waals surface area contributed by atoms with Crippen molar-refractivity contribution in [2.75, 3.05) is 12.3 Å². The highest BCUT2D eigenvalue weighted by molar-refractivity contribution is 5.85. The smallest absolute Gasteiger partial charge is 0.221 e. The first-order valence-electron chi connectivity index (χ1n) is 4.82. The Hall–Kier alpha value is -2.03. The maximum absolute atomic E-state index is 5.71. The molecule has 1 aromatic heterocycles. The lowest BCUT2D eigenvalue weighted by Crippen LogP contribution is -2.02. The molecule has 0 spiro atoms. The zero-order valence-electron chi connectivity index (χ0n) is 8.10. The number of aromatic nitrogens is 1. The van der Waals surface area contributed by atoms with Crippen molar-refractivity contribution < 1.29 is 4.74 Å². The summed E-state index contributed by atoms with van der Waals surface area (Å²) in [5.41, 5.74) is 8.33. The van der Waals surface area contributed by atoms with E-state index in [1.165, 1.54) is 0 Å². The molecule has 0 atom stereocenters. The molecule has 2 heterocycles. The highest BCUT2D eigenvalue weighted by Gasteiger charge is 2.08. The number of benzene rings is 1. The summed E-state index contributed by atoms with van der Waals surface area (Å²) in [7, 11) is 0. The van der Waals surface area contributed by atoms with Crippen LogP contribution < -0.4 is 10.5 Å². The van der Waals surface area contributed by atoms with Gasteiger partial charge in [0.05, 0.1) is 5.52 Å². The number of anilines is 1. The summed E-state index contributed by atoms with van der Waals surface area (Å²) in [6.07, 6.45) is 4.01. The van der Waals surface area contributed by atoms with Crippen LogP contribution in [0.4, 0.5) is 5.69 Å². The van der Waals surface area contributed by atoms with E-state index in [9.17, 15) is 0 Å². The number of hydrogen-bond acceptors (Lipinski definition) is 3. The summed E-state index contributed by atoms with van der Waals surface area (Å²) in [5.74, 6) is 0.690. The zero-order valence-corrected chi connectivity index (χ0v) is 8.10. The molecule has 0 saturated carbocycles. The topological polar surface area (TPSA) is 48.1 Å². The van der Waals surface area contributed by atoms with Gasteiger partial charge in [-0.1, -0.05) is 12.1 Å². The minimum Gasteiger partial charge on any atom is -0.473 e. The van der Waals surface area contributed by atoms with Gasteiger partial charge in [0, 0.05) is 16.6 Å². The van der Waals surface area contributed by atoms with Gasteiger partial charge >= 0.3 is 0 Å². The third-order valence-corrected chi connectivity index (χ3v) is 2.45. The summed E-state index contributed by atoms with van der Waals surface area (Å²) < 4.78 is 5.43. The van der Waals surface area contributed by atoms with Crippen molar-refractivity contribution in [3.05, 3.63) is 35.9 Å². The Morgan fingerprint density at radius 3 is 3.13 bits per heavy atom. The molecule has 0 amide bonds. The van der Waals surface area contributed by atoms with Gasteiger partial charge in [0.15, 0.2) is 0 Å². The van der Waals surface area contributed by atoms with E-state index in [0.29, 0.717) is 12.5 Å². The predicted octanol–water partition coefficient (Wildman–Crippen LogP) is 2.22. The molecule has 0 unspecified atom stereocenters. The summed E-state index contributed by atoms with van der Waals surface area (Å²) in [6, 6.07) is 7.77. The van der Waals surface area contributed by atoms with Crippen LogP contribution in [0.5, 0.6) is 5.88 Å². The average molecular weight is 198 g/mol. The highest BCUT2D eigenvalue weighted by Crippen LogP contribution is 2.26.